The molecule has 1 aromatic carbocycles. The first-order chi connectivity index (χ1) is 11.6. The molecule has 0 radical (unpaired) electrons. The molecule has 1 heterocycles. The summed E-state index contributed by atoms with van der Waals surface area (Å²) in [6.45, 7) is 2.57. The fraction of sp³-hybridized carbons (Fsp3) is 0.235. The van der Waals surface area contributed by atoms with Crippen molar-refractivity contribution >= 4 is 23.4 Å². The van der Waals surface area contributed by atoms with Crippen molar-refractivity contribution in [1.82, 2.24) is 10.6 Å². The van der Waals surface area contributed by atoms with E-state index < -0.39 is 0 Å². The van der Waals surface area contributed by atoms with E-state index >= 15 is 0 Å². The van der Waals surface area contributed by atoms with E-state index in [4.69, 9.17) is 4.42 Å². The number of hydrogen-bond acceptors (Lipinski definition) is 4. The van der Waals surface area contributed by atoms with E-state index in [1.165, 1.54) is 12.5 Å². The van der Waals surface area contributed by atoms with Crippen LogP contribution >= 0.6 is 0 Å². The van der Waals surface area contributed by atoms with Gasteiger partial charge in [-0.25, -0.2) is 0 Å². The van der Waals surface area contributed by atoms with Crippen LogP contribution in [0.2, 0.25) is 0 Å². The summed E-state index contributed by atoms with van der Waals surface area (Å²) in [4.78, 5) is 35.3. The van der Waals surface area contributed by atoms with E-state index in [9.17, 15) is 14.4 Å². The fourth-order valence-corrected chi connectivity index (χ4v) is 2.01. The highest BCUT2D eigenvalue weighted by molar-refractivity contribution is 5.97. The lowest BCUT2D eigenvalue weighted by Gasteiger charge is -2.08. The predicted molar refractivity (Wildman–Crippen MR) is 88.7 cm³/mol. The Kier molecular flexibility index (Phi) is 6.13. The van der Waals surface area contributed by atoms with E-state index in [0.29, 0.717) is 23.4 Å². The molecule has 0 aliphatic heterocycles. The maximum absolute atomic E-state index is 11.9. The van der Waals surface area contributed by atoms with Gasteiger partial charge in [-0.3, -0.25) is 14.4 Å². The number of carbonyl (C=O) groups excluding carboxylic acids is 3. The monoisotopic (exact) mass is 329 g/mol. The Morgan fingerprint density at radius 1 is 1.04 bits per heavy atom. The van der Waals surface area contributed by atoms with Gasteiger partial charge in [0.1, 0.15) is 6.26 Å². The minimum atomic E-state index is -0.296. The lowest BCUT2D eigenvalue weighted by molar-refractivity contribution is -0.116. The van der Waals surface area contributed by atoms with Gasteiger partial charge in [0.2, 0.25) is 5.91 Å². The summed E-state index contributed by atoms with van der Waals surface area (Å²) in [5.41, 5.74) is 1.41. The van der Waals surface area contributed by atoms with Crippen LogP contribution in [0.1, 0.15) is 34.1 Å². The van der Waals surface area contributed by atoms with E-state index in [2.05, 4.69) is 16.0 Å². The highest BCUT2D eigenvalue weighted by Gasteiger charge is 2.09. The zero-order valence-corrected chi connectivity index (χ0v) is 13.3. The molecule has 0 aliphatic carbocycles. The number of benzene rings is 1. The minimum Gasteiger partial charge on any atom is -0.472 e. The number of carbonyl (C=O) groups is 3. The van der Waals surface area contributed by atoms with Crippen molar-refractivity contribution in [3.05, 3.63) is 54.0 Å². The molecule has 1 aromatic heterocycles. The zero-order chi connectivity index (χ0) is 17.4. The van der Waals surface area contributed by atoms with Crippen molar-refractivity contribution in [2.24, 2.45) is 0 Å². The summed E-state index contributed by atoms with van der Waals surface area (Å²) in [5.74, 6) is -0.744. The average Bonchev–Trinajstić information content (AvgIpc) is 3.10. The van der Waals surface area contributed by atoms with E-state index in [1.807, 2.05) is 6.92 Å². The fourth-order valence-electron chi connectivity index (χ4n) is 2.01. The van der Waals surface area contributed by atoms with Crippen LogP contribution in [0, 0.1) is 0 Å². The van der Waals surface area contributed by atoms with Crippen molar-refractivity contribution in [3.8, 4) is 0 Å². The van der Waals surface area contributed by atoms with Gasteiger partial charge in [0.15, 0.2) is 0 Å². The van der Waals surface area contributed by atoms with Crippen LogP contribution in [0.4, 0.5) is 5.69 Å². The summed E-state index contributed by atoms with van der Waals surface area (Å²) in [7, 11) is 0. The third-order valence-corrected chi connectivity index (χ3v) is 3.17. The Bertz CT molecular complexity index is 710. The maximum atomic E-state index is 11.9. The summed E-state index contributed by atoms with van der Waals surface area (Å²) < 4.78 is 4.82. The van der Waals surface area contributed by atoms with E-state index in [1.54, 1.807) is 30.3 Å². The molecule has 3 amide bonds. The molecule has 7 nitrogen and oxygen atoms in total. The van der Waals surface area contributed by atoms with E-state index in [-0.39, 0.29) is 30.7 Å². The van der Waals surface area contributed by atoms with Gasteiger partial charge >= 0.3 is 0 Å². The number of amides is 3. The highest BCUT2D eigenvalue weighted by atomic mass is 16.3. The Labute approximate surface area is 139 Å². The van der Waals surface area contributed by atoms with Gasteiger partial charge in [-0.2, -0.15) is 0 Å². The average molecular weight is 329 g/mol. The lowest BCUT2D eigenvalue weighted by Crippen LogP contribution is -2.27. The van der Waals surface area contributed by atoms with Gasteiger partial charge in [0, 0.05) is 30.8 Å². The second-order valence-corrected chi connectivity index (χ2v) is 5.01. The lowest BCUT2D eigenvalue weighted by atomic mass is 10.2. The van der Waals surface area contributed by atoms with Crippen molar-refractivity contribution in [1.29, 1.82) is 0 Å². The zero-order valence-electron chi connectivity index (χ0n) is 13.3. The quantitative estimate of drug-likeness (QED) is 0.721. The number of nitrogens with one attached hydrogen (secondary N) is 3. The molecular weight excluding hydrogens is 310 g/mol. The van der Waals surface area contributed by atoms with Crippen LogP contribution in [-0.4, -0.2) is 30.8 Å². The van der Waals surface area contributed by atoms with Crippen LogP contribution in [-0.2, 0) is 4.79 Å². The third kappa shape index (κ3) is 4.98. The largest absolute Gasteiger partial charge is 0.472 e. The molecule has 2 rings (SSSR count). The molecule has 0 fully saturated rings. The van der Waals surface area contributed by atoms with Gasteiger partial charge in [-0.1, -0.05) is 6.07 Å². The van der Waals surface area contributed by atoms with Gasteiger partial charge < -0.3 is 20.4 Å². The standard InChI is InChI=1S/C17H19N3O4/c1-2-18-16(22)12-4-3-5-14(10-12)20-15(21)6-8-19-17(23)13-7-9-24-11-13/h3-5,7,9-11H,2,6,8H2,1H3,(H,18,22)(H,19,23)(H,20,21). The first kappa shape index (κ1) is 17.3. The topological polar surface area (TPSA) is 100 Å². The van der Waals surface area contributed by atoms with Crippen LogP contribution < -0.4 is 16.0 Å². The Balaban J connectivity index is 1.81. The molecule has 2 aromatic rings. The SMILES string of the molecule is CCNC(=O)c1cccc(NC(=O)CCNC(=O)c2ccoc2)c1. The van der Waals surface area contributed by atoms with Gasteiger partial charge in [0.05, 0.1) is 11.8 Å². The van der Waals surface area contributed by atoms with Crippen LogP contribution in [0.25, 0.3) is 0 Å². The Morgan fingerprint density at radius 2 is 1.83 bits per heavy atom. The van der Waals surface area contributed by atoms with Crippen LogP contribution in [0.5, 0.6) is 0 Å². The Hall–Kier alpha value is -3.09. The summed E-state index contributed by atoms with van der Waals surface area (Å²) in [5, 5.41) is 8.02. The summed E-state index contributed by atoms with van der Waals surface area (Å²) in [6.07, 6.45) is 2.86. The molecule has 0 aliphatic rings. The normalized spacial score (nSPS) is 10.0. The Morgan fingerprint density at radius 3 is 2.54 bits per heavy atom. The smallest absolute Gasteiger partial charge is 0.254 e. The molecule has 7 heteroatoms. The molecule has 0 saturated carbocycles. The highest BCUT2D eigenvalue weighted by Crippen LogP contribution is 2.11. The number of rotatable bonds is 7. The van der Waals surface area contributed by atoms with Crippen molar-refractivity contribution in [2.75, 3.05) is 18.4 Å². The van der Waals surface area contributed by atoms with Gasteiger partial charge in [-0.05, 0) is 31.2 Å². The van der Waals surface area contributed by atoms with Crippen molar-refractivity contribution in [2.45, 2.75) is 13.3 Å². The second-order valence-electron chi connectivity index (χ2n) is 5.01. The van der Waals surface area contributed by atoms with E-state index in [0.717, 1.165) is 0 Å². The number of anilines is 1. The summed E-state index contributed by atoms with van der Waals surface area (Å²) in [6, 6.07) is 8.21. The molecule has 0 spiro atoms. The van der Waals surface area contributed by atoms with Gasteiger partial charge in [0.25, 0.3) is 11.8 Å². The molecule has 0 saturated heterocycles. The molecule has 126 valence electrons. The second kappa shape index (κ2) is 8.52. The first-order valence-electron chi connectivity index (χ1n) is 7.58. The maximum Gasteiger partial charge on any atom is 0.254 e. The minimum absolute atomic E-state index is 0.120. The first-order valence-corrected chi connectivity index (χ1v) is 7.58. The molecule has 3 N–H and O–H groups in total. The van der Waals surface area contributed by atoms with Crippen molar-refractivity contribution in [3.63, 3.8) is 0 Å². The molecular formula is C17H19N3O4. The third-order valence-electron chi connectivity index (χ3n) is 3.17. The molecule has 24 heavy (non-hydrogen) atoms. The number of furan rings is 1. The van der Waals surface area contributed by atoms with Crippen molar-refractivity contribution < 1.29 is 18.8 Å². The predicted octanol–water partition coefficient (Wildman–Crippen LogP) is 1.79. The number of hydrogen-bond donors (Lipinski definition) is 3. The summed E-state index contributed by atoms with van der Waals surface area (Å²) >= 11 is 0. The van der Waals surface area contributed by atoms with Crippen LogP contribution in [0.15, 0.2) is 47.3 Å². The molecule has 0 unspecified atom stereocenters. The molecule has 0 atom stereocenters. The van der Waals surface area contributed by atoms with Gasteiger partial charge in [-0.15, -0.1) is 0 Å². The molecule has 0 bridgehead atoms. The van der Waals surface area contributed by atoms with Crippen LogP contribution in [0.3, 0.4) is 0 Å².